The first-order chi connectivity index (χ1) is 10.5. The summed E-state index contributed by atoms with van der Waals surface area (Å²) in [6.07, 6.45) is 1.46. The fourth-order valence-corrected chi connectivity index (χ4v) is 3.31. The average Bonchev–Trinajstić information content (AvgIpc) is 2.48. The molecule has 0 bridgehead atoms. The summed E-state index contributed by atoms with van der Waals surface area (Å²) in [7, 11) is -3.86. The van der Waals surface area contributed by atoms with Crippen LogP contribution in [-0.2, 0) is 21.2 Å². The quantitative estimate of drug-likeness (QED) is 0.880. The molecule has 0 aliphatic carbocycles. The van der Waals surface area contributed by atoms with Crippen molar-refractivity contribution in [1.29, 1.82) is 0 Å². The zero-order valence-corrected chi connectivity index (χ0v) is 13.4. The fourth-order valence-electron chi connectivity index (χ4n) is 1.99. The van der Waals surface area contributed by atoms with E-state index in [-0.39, 0.29) is 11.3 Å². The number of benzene rings is 2. The minimum absolute atomic E-state index is 0.0172. The van der Waals surface area contributed by atoms with Crippen LogP contribution in [0.2, 0.25) is 5.02 Å². The van der Waals surface area contributed by atoms with Gasteiger partial charge in [-0.3, -0.25) is 4.79 Å². The lowest BCUT2D eigenvalue weighted by Crippen LogP contribution is -2.30. The topological polar surface area (TPSA) is 63.2 Å². The van der Waals surface area contributed by atoms with Crippen molar-refractivity contribution in [2.24, 2.45) is 0 Å². The normalized spacial score (nSPS) is 11.1. The second-order valence-electron chi connectivity index (χ2n) is 4.83. The van der Waals surface area contributed by atoms with Gasteiger partial charge in [-0.15, -0.1) is 0 Å². The first-order valence-corrected chi connectivity index (χ1v) is 8.68. The van der Waals surface area contributed by atoms with Gasteiger partial charge in [-0.05, 0) is 36.6 Å². The van der Waals surface area contributed by atoms with Crippen molar-refractivity contribution in [3.63, 3.8) is 0 Å². The Morgan fingerprint density at radius 3 is 2.45 bits per heavy atom. The van der Waals surface area contributed by atoms with Crippen LogP contribution in [0.15, 0.2) is 59.5 Å². The van der Waals surface area contributed by atoms with Crippen LogP contribution in [0.3, 0.4) is 0 Å². The molecule has 0 heterocycles. The number of rotatable bonds is 6. The van der Waals surface area contributed by atoms with E-state index in [0.717, 1.165) is 12.0 Å². The first-order valence-electron chi connectivity index (χ1n) is 6.82. The van der Waals surface area contributed by atoms with Gasteiger partial charge < -0.3 is 0 Å². The maximum Gasteiger partial charge on any atom is 0.264 e. The van der Waals surface area contributed by atoms with E-state index in [1.807, 2.05) is 30.3 Å². The summed E-state index contributed by atoms with van der Waals surface area (Å²) in [6.45, 7) is 0. The van der Waals surface area contributed by atoms with Gasteiger partial charge >= 0.3 is 0 Å². The summed E-state index contributed by atoms with van der Waals surface area (Å²) in [5.41, 5.74) is 1.12. The molecule has 116 valence electrons. The number of aryl methyl sites for hydroxylation is 1. The second kappa shape index (κ2) is 7.42. The molecule has 0 fully saturated rings. The summed E-state index contributed by atoms with van der Waals surface area (Å²) in [4.78, 5) is 11.8. The van der Waals surface area contributed by atoms with Gasteiger partial charge in [-0.2, -0.15) is 0 Å². The summed E-state index contributed by atoms with van der Waals surface area (Å²) in [6, 6.07) is 15.5. The number of hydrogen-bond donors (Lipinski definition) is 1. The molecule has 4 nitrogen and oxygen atoms in total. The lowest BCUT2D eigenvalue weighted by molar-refractivity contribution is -0.119. The van der Waals surface area contributed by atoms with Crippen LogP contribution < -0.4 is 4.72 Å². The zero-order valence-electron chi connectivity index (χ0n) is 11.8. The third-order valence-corrected chi connectivity index (χ3v) is 4.67. The van der Waals surface area contributed by atoms with E-state index < -0.39 is 15.9 Å². The van der Waals surface area contributed by atoms with Crippen LogP contribution in [0.1, 0.15) is 18.4 Å². The van der Waals surface area contributed by atoms with Crippen LogP contribution in [-0.4, -0.2) is 14.3 Å². The van der Waals surface area contributed by atoms with Crippen molar-refractivity contribution in [2.45, 2.75) is 24.2 Å². The third kappa shape index (κ3) is 4.86. The van der Waals surface area contributed by atoms with Crippen molar-refractivity contribution in [1.82, 2.24) is 4.72 Å². The average molecular weight is 338 g/mol. The molecule has 6 heteroatoms. The van der Waals surface area contributed by atoms with Crippen molar-refractivity contribution in [3.8, 4) is 0 Å². The maximum atomic E-state index is 12.0. The first kappa shape index (κ1) is 16.5. The number of amides is 1. The minimum atomic E-state index is -3.86. The van der Waals surface area contributed by atoms with Gasteiger partial charge in [0.1, 0.15) is 0 Å². The molecule has 2 aromatic carbocycles. The molecule has 0 aliphatic heterocycles. The summed E-state index contributed by atoms with van der Waals surface area (Å²) in [5.74, 6) is -0.518. The number of hydrogen-bond acceptors (Lipinski definition) is 3. The molecule has 0 atom stereocenters. The Morgan fingerprint density at radius 1 is 1.05 bits per heavy atom. The lowest BCUT2D eigenvalue weighted by Gasteiger charge is -2.07. The molecule has 0 spiro atoms. The van der Waals surface area contributed by atoms with E-state index >= 15 is 0 Å². The number of carbonyl (C=O) groups is 1. The Kier molecular flexibility index (Phi) is 5.57. The van der Waals surface area contributed by atoms with Crippen LogP contribution in [0, 0.1) is 0 Å². The number of halogens is 1. The largest absolute Gasteiger partial charge is 0.274 e. The number of nitrogens with one attached hydrogen (secondary N) is 1. The van der Waals surface area contributed by atoms with E-state index in [1.54, 1.807) is 6.07 Å². The molecule has 0 saturated carbocycles. The van der Waals surface area contributed by atoms with Crippen LogP contribution in [0.25, 0.3) is 0 Å². The zero-order chi connectivity index (χ0) is 16.0. The van der Waals surface area contributed by atoms with E-state index in [0.29, 0.717) is 11.4 Å². The fraction of sp³-hybridized carbons (Fsp3) is 0.188. The second-order valence-corrected chi connectivity index (χ2v) is 6.94. The number of carbonyl (C=O) groups excluding carboxylic acids is 1. The summed E-state index contributed by atoms with van der Waals surface area (Å²) < 4.78 is 26.1. The van der Waals surface area contributed by atoms with Crippen molar-refractivity contribution < 1.29 is 13.2 Å². The lowest BCUT2D eigenvalue weighted by atomic mass is 10.1. The Bertz CT molecular complexity index is 745. The van der Waals surface area contributed by atoms with Gasteiger partial charge in [0.2, 0.25) is 5.91 Å². The Balaban J connectivity index is 1.88. The van der Waals surface area contributed by atoms with Crippen molar-refractivity contribution in [3.05, 3.63) is 65.2 Å². The number of sulfonamides is 1. The van der Waals surface area contributed by atoms with Gasteiger partial charge in [-0.25, -0.2) is 13.1 Å². The van der Waals surface area contributed by atoms with E-state index in [9.17, 15) is 13.2 Å². The SMILES string of the molecule is O=C(CCCc1ccccc1)NS(=O)(=O)c1cccc(Cl)c1. The van der Waals surface area contributed by atoms with Gasteiger partial charge in [0.15, 0.2) is 0 Å². The van der Waals surface area contributed by atoms with Crippen molar-refractivity contribution >= 4 is 27.5 Å². The summed E-state index contributed by atoms with van der Waals surface area (Å²) >= 11 is 5.76. The van der Waals surface area contributed by atoms with Crippen molar-refractivity contribution in [2.75, 3.05) is 0 Å². The molecule has 0 saturated heterocycles. The molecular weight excluding hydrogens is 322 g/mol. The molecule has 22 heavy (non-hydrogen) atoms. The van der Waals surface area contributed by atoms with Crippen LogP contribution in [0.5, 0.6) is 0 Å². The summed E-state index contributed by atoms with van der Waals surface area (Å²) in [5, 5.41) is 0.305. The molecule has 0 radical (unpaired) electrons. The highest BCUT2D eigenvalue weighted by molar-refractivity contribution is 7.90. The Morgan fingerprint density at radius 2 is 1.77 bits per heavy atom. The third-order valence-electron chi connectivity index (χ3n) is 3.07. The van der Waals surface area contributed by atoms with E-state index in [1.165, 1.54) is 18.2 Å². The molecule has 2 aromatic rings. The molecular formula is C16H16ClNO3S. The van der Waals surface area contributed by atoms with Crippen LogP contribution in [0.4, 0.5) is 0 Å². The highest BCUT2D eigenvalue weighted by Crippen LogP contribution is 2.15. The standard InChI is InChI=1S/C16H16ClNO3S/c17-14-9-5-10-15(12-14)22(20,21)18-16(19)11-4-8-13-6-2-1-3-7-13/h1-3,5-7,9-10,12H,4,8,11H2,(H,18,19). The Hall–Kier alpha value is -1.85. The van der Waals surface area contributed by atoms with Crippen LogP contribution >= 0.6 is 11.6 Å². The minimum Gasteiger partial charge on any atom is -0.274 e. The molecule has 0 aromatic heterocycles. The highest BCUT2D eigenvalue weighted by Gasteiger charge is 2.17. The highest BCUT2D eigenvalue weighted by atomic mass is 35.5. The van der Waals surface area contributed by atoms with E-state index in [4.69, 9.17) is 11.6 Å². The molecule has 0 aliphatic rings. The monoisotopic (exact) mass is 337 g/mol. The van der Waals surface area contributed by atoms with E-state index in [2.05, 4.69) is 4.72 Å². The molecule has 0 unspecified atom stereocenters. The van der Waals surface area contributed by atoms with Gasteiger partial charge in [0.05, 0.1) is 4.90 Å². The molecule has 1 N–H and O–H groups in total. The van der Waals surface area contributed by atoms with Gasteiger partial charge in [-0.1, -0.05) is 48.0 Å². The maximum absolute atomic E-state index is 12.0. The molecule has 2 rings (SSSR count). The predicted molar refractivity (Wildman–Crippen MR) is 86.2 cm³/mol. The van der Waals surface area contributed by atoms with Gasteiger partial charge in [0, 0.05) is 11.4 Å². The van der Waals surface area contributed by atoms with Gasteiger partial charge in [0.25, 0.3) is 10.0 Å². The molecule has 1 amide bonds. The predicted octanol–water partition coefficient (Wildman–Crippen LogP) is 3.17. The Labute approximate surface area is 135 Å². The smallest absolute Gasteiger partial charge is 0.264 e.